The number of azo groups is 1. The molecule has 1 rings (SSSR count). The number of aromatic nitrogens is 2. The quantitative estimate of drug-likeness (QED) is 0.273. The van der Waals surface area contributed by atoms with Crippen LogP contribution < -0.4 is 11.1 Å². The van der Waals surface area contributed by atoms with E-state index in [2.05, 4.69) is 30.7 Å². The molecule has 0 aliphatic rings. The number of H-pyrrole nitrogens is 1. The van der Waals surface area contributed by atoms with Crippen molar-refractivity contribution in [3.63, 3.8) is 0 Å². The molecule has 1 aromatic heterocycles. The van der Waals surface area contributed by atoms with Crippen molar-refractivity contribution in [3.8, 4) is 0 Å². The summed E-state index contributed by atoms with van der Waals surface area (Å²) in [6, 6.07) is 1.72. The summed E-state index contributed by atoms with van der Waals surface area (Å²) in [5.41, 5.74) is 5.58. The van der Waals surface area contributed by atoms with Crippen LogP contribution in [0.1, 0.15) is 6.92 Å². The van der Waals surface area contributed by atoms with E-state index in [9.17, 15) is 0 Å². The molecule has 7 nitrogen and oxygen atoms in total. The van der Waals surface area contributed by atoms with E-state index in [4.69, 9.17) is 5.73 Å². The molecule has 15 heavy (non-hydrogen) atoms. The Morgan fingerprint density at radius 3 is 3.20 bits per heavy atom. The molecule has 0 bridgehead atoms. The molecule has 82 valence electrons. The zero-order chi connectivity index (χ0) is 10.9. The lowest BCUT2D eigenvalue weighted by Crippen LogP contribution is -2.20. The molecular formula is C8H15N7. The van der Waals surface area contributed by atoms with Gasteiger partial charge in [-0.1, -0.05) is 6.92 Å². The Labute approximate surface area is 87.9 Å². The molecule has 1 aromatic rings. The van der Waals surface area contributed by atoms with E-state index >= 15 is 0 Å². The Morgan fingerprint density at radius 2 is 2.53 bits per heavy atom. The summed E-state index contributed by atoms with van der Waals surface area (Å²) in [6.45, 7) is 3.68. The van der Waals surface area contributed by atoms with Gasteiger partial charge in [0.25, 0.3) is 0 Å². The maximum atomic E-state index is 5.58. The highest BCUT2D eigenvalue weighted by molar-refractivity contribution is 5.82. The number of aliphatic imine (C=N–C) groups is 1. The van der Waals surface area contributed by atoms with Crippen molar-refractivity contribution in [1.29, 1.82) is 0 Å². The van der Waals surface area contributed by atoms with E-state index in [1.54, 1.807) is 12.3 Å². The SMILES string of the molecule is CCNCN=C(N)CN=Nc1ccn[nH]1. The van der Waals surface area contributed by atoms with Crippen LogP contribution in [0.2, 0.25) is 0 Å². The number of hydrogen-bond acceptors (Lipinski definition) is 5. The normalized spacial score (nSPS) is 12.5. The standard InChI is InChI=1S/C8H15N7/c1-2-10-6-11-7(9)5-13-15-8-3-4-12-14-8/h3-4,10H,2,5-6H2,1H3,(H2,9,11)(H,12,14). The first-order chi connectivity index (χ1) is 7.33. The van der Waals surface area contributed by atoms with Crippen LogP contribution in [0.25, 0.3) is 0 Å². The van der Waals surface area contributed by atoms with Crippen LogP contribution in [-0.4, -0.2) is 35.8 Å². The minimum Gasteiger partial charge on any atom is -0.386 e. The summed E-state index contributed by atoms with van der Waals surface area (Å²) in [5, 5.41) is 17.1. The predicted molar refractivity (Wildman–Crippen MR) is 58.1 cm³/mol. The largest absolute Gasteiger partial charge is 0.386 e. The fraction of sp³-hybridized carbons (Fsp3) is 0.500. The Bertz CT molecular complexity index is 314. The summed E-state index contributed by atoms with van der Waals surface area (Å²) in [7, 11) is 0. The van der Waals surface area contributed by atoms with Crippen LogP contribution >= 0.6 is 0 Å². The van der Waals surface area contributed by atoms with Gasteiger partial charge in [0.05, 0.1) is 12.9 Å². The van der Waals surface area contributed by atoms with Gasteiger partial charge in [-0.3, -0.25) is 15.4 Å². The molecule has 0 amide bonds. The molecule has 0 saturated heterocycles. The molecule has 0 unspecified atom stereocenters. The van der Waals surface area contributed by atoms with E-state index in [1.165, 1.54) is 0 Å². The number of nitrogens with two attached hydrogens (primary N) is 1. The first kappa shape index (κ1) is 11.3. The summed E-state index contributed by atoms with van der Waals surface area (Å²) < 4.78 is 0. The predicted octanol–water partition coefficient (Wildman–Crippen LogP) is 0.418. The van der Waals surface area contributed by atoms with E-state index in [-0.39, 0.29) is 0 Å². The fourth-order valence-electron chi connectivity index (χ4n) is 0.807. The summed E-state index contributed by atoms with van der Waals surface area (Å²) in [4.78, 5) is 4.04. The number of rotatable bonds is 6. The highest BCUT2D eigenvalue weighted by Gasteiger charge is 1.90. The minimum absolute atomic E-state index is 0.296. The highest BCUT2D eigenvalue weighted by Crippen LogP contribution is 2.03. The van der Waals surface area contributed by atoms with Gasteiger partial charge in [-0.05, 0) is 6.54 Å². The lowest BCUT2D eigenvalue weighted by Gasteiger charge is -1.96. The van der Waals surface area contributed by atoms with E-state index in [0.717, 1.165) is 6.54 Å². The van der Waals surface area contributed by atoms with Crippen LogP contribution in [0, 0.1) is 0 Å². The van der Waals surface area contributed by atoms with Gasteiger partial charge >= 0.3 is 0 Å². The molecule has 0 spiro atoms. The van der Waals surface area contributed by atoms with Crippen molar-refractivity contribution in [2.45, 2.75) is 6.92 Å². The average Bonchev–Trinajstić information content (AvgIpc) is 2.71. The number of amidine groups is 1. The van der Waals surface area contributed by atoms with E-state index in [1.807, 2.05) is 6.92 Å². The zero-order valence-electron chi connectivity index (χ0n) is 8.64. The van der Waals surface area contributed by atoms with Gasteiger partial charge in [-0.25, -0.2) is 0 Å². The molecular weight excluding hydrogens is 194 g/mol. The Balaban J connectivity index is 2.27. The Kier molecular flexibility index (Phi) is 5.02. The number of aromatic amines is 1. The van der Waals surface area contributed by atoms with E-state index < -0.39 is 0 Å². The third-order valence-corrected chi connectivity index (χ3v) is 1.54. The van der Waals surface area contributed by atoms with Crippen LogP contribution in [0.4, 0.5) is 5.82 Å². The third-order valence-electron chi connectivity index (χ3n) is 1.54. The van der Waals surface area contributed by atoms with Crippen molar-refractivity contribution in [3.05, 3.63) is 12.3 Å². The van der Waals surface area contributed by atoms with Crippen LogP contribution in [0.3, 0.4) is 0 Å². The molecule has 7 heteroatoms. The maximum Gasteiger partial charge on any atom is 0.169 e. The molecule has 0 aromatic carbocycles. The molecule has 0 atom stereocenters. The Morgan fingerprint density at radius 1 is 1.67 bits per heavy atom. The second-order valence-corrected chi connectivity index (χ2v) is 2.75. The highest BCUT2D eigenvalue weighted by atomic mass is 15.2. The van der Waals surface area contributed by atoms with Crippen molar-refractivity contribution < 1.29 is 0 Å². The van der Waals surface area contributed by atoms with Crippen molar-refractivity contribution in [2.24, 2.45) is 21.0 Å². The van der Waals surface area contributed by atoms with Crippen LogP contribution in [0.15, 0.2) is 27.5 Å². The molecule has 0 radical (unpaired) electrons. The fourth-order valence-corrected chi connectivity index (χ4v) is 0.807. The molecule has 0 saturated carbocycles. The molecule has 1 heterocycles. The summed E-state index contributed by atoms with van der Waals surface area (Å²) in [6.07, 6.45) is 1.61. The smallest absolute Gasteiger partial charge is 0.169 e. The minimum atomic E-state index is 0.296. The van der Waals surface area contributed by atoms with Crippen molar-refractivity contribution >= 4 is 11.7 Å². The van der Waals surface area contributed by atoms with Crippen LogP contribution in [-0.2, 0) is 0 Å². The van der Waals surface area contributed by atoms with Gasteiger partial charge < -0.3 is 5.73 Å². The number of nitrogens with zero attached hydrogens (tertiary/aromatic N) is 4. The molecule has 0 aliphatic heterocycles. The van der Waals surface area contributed by atoms with Gasteiger partial charge in [0.1, 0.15) is 12.4 Å². The second kappa shape index (κ2) is 6.66. The van der Waals surface area contributed by atoms with Gasteiger partial charge in [-0.2, -0.15) is 10.2 Å². The Hall–Kier alpha value is -1.76. The maximum absolute atomic E-state index is 5.58. The molecule has 0 fully saturated rings. The van der Waals surface area contributed by atoms with Crippen molar-refractivity contribution in [2.75, 3.05) is 19.8 Å². The number of nitrogens with one attached hydrogen (secondary N) is 2. The molecule has 0 aliphatic carbocycles. The average molecular weight is 209 g/mol. The number of hydrogen-bond donors (Lipinski definition) is 3. The molecule has 4 N–H and O–H groups in total. The van der Waals surface area contributed by atoms with Crippen LogP contribution in [0.5, 0.6) is 0 Å². The monoisotopic (exact) mass is 209 g/mol. The third kappa shape index (κ3) is 4.87. The van der Waals surface area contributed by atoms with Crippen molar-refractivity contribution in [1.82, 2.24) is 15.5 Å². The first-order valence-corrected chi connectivity index (χ1v) is 4.69. The second-order valence-electron chi connectivity index (χ2n) is 2.75. The summed E-state index contributed by atoms with van der Waals surface area (Å²) in [5.74, 6) is 1.06. The van der Waals surface area contributed by atoms with Gasteiger partial charge in [0.15, 0.2) is 5.82 Å². The lowest BCUT2D eigenvalue weighted by molar-refractivity contribution is 0.741. The zero-order valence-corrected chi connectivity index (χ0v) is 8.64. The lowest BCUT2D eigenvalue weighted by atomic mass is 10.6. The van der Waals surface area contributed by atoms with E-state index in [0.29, 0.717) is 24.9 Å². The van der Waals surface area contributed by atoms with Gasteiger partial charge in [0.2, 0.25) is 0 Å². The van der Waals surface area contributed by atoms with Gasteiger partial charge in [0, 0.05) is 6.07 Å². The first-order valence-electron chi connectivity index (χ1n) is 4.69. The summed E-state index contributed by atoms with van der Waals surface area (Å²) >= 11 is 0. The topological polar surface area (TPSA) is 104 Å². The van der Waals surface area contributed by atoms with Gasteiger partial charge in [-0.15, -0.1) is 5.11 Å².